The van der Waals surface area contributed by atoms with Crippen LogP contribution in [0, 0.1) is 5.41 Å². The summed E-state index contributed by atoms with van der Waals surface area (Å²) in [5.41, 5.74) is 3.19. The van der Waals surface area contributed by atoms with Gasteiger partial charge in [-0.2, -0.15) is 0 Å². The second kappa shape index (κ2) is 4.68. The minimum Gasteiger partial charge on any atom is -0.350 e. The van der Waals surface area contributed by atoms with E-state index in [0.29, 0.717) is 11.5 Å². The Balaban J connectivity index is 1.79. The number of benzene rings is 1. The molecular weight excluding hydrogens is 232 g/mol. The number of para-hydroxylation sites is 1. The lowest BCUT2D eigenvalue weighted by molar-refractivity contribution is 0.283. The van der Waals surface area contributed by atoms with Crippen molar-refractivity contribution in [2.75, 3.05) is 0 Å². The summed E-state index contributed by atoms with van der Waals surface area (Å²) in [7, 11) is 2.13. The number of fused-ring (bicyclic) bond motifs is 1. The Morgan fingerprint density at radius 3 is 2.84 bits per heavy atom. The zero-order valence-corrected chi connectivity index (χ0v) is 12.2. The van der Waals surface area contributed by atoms with Gasteiger partial charge in [-0.25, -0.2) is 0 Å². The molecule has 3 rings (SSSR count). The highest BCUT2D eigenvalue weighted by Gasteiger charge is 2.33. The van der Waals surface area contributed by atoms with Crippen LogP contribution in [-0.4, -0.2) is 10.6 Å². The van der Waals surface area contributed by atoms with Crippen LogP contribution in [0.3, 0.4) is 0 Å². The minimum absolute atomic E-state index is 0.449. The van der Waals surface area contributed by atoms with Crippen LogP contribution in [0.5, 0.6) is 0 Å². The van der Waals surface area contributed by atoms with Crippen LogP contribution in [0.4, 0.5) is 0 Å². The summed E-state index contributed by atoms with van der Waals surface area (Å²) < 4.78 is 2.23. The molecule has 1 unspecified atom stereocenters. The molecule has 1 atom stereocenters. The van der Waals surface area contributed by atoms with Crippen molar-refractivity contribution in [1.82, 2.24) is 9.88 Å². The standard InChI is InChI=1S/C17H24N2/c1-17(2)10-6-9-16(17)18-11-13-12-19(3)15-8-5-4-7-14(13)15/h4-5,7-8,12,16,18H,6,9-11H2,1-3H3. The van der Waals surface area contributed by atoms with Crippen LogP contribution in [0.2, 0.25) is 0 Å². The number of hydrogen-bond donors (Lipinski definition) is 1. The number of rotatable bonds is 3. The molecule has 0 aliphatic heterocycles. The molecule has 1 N–H and O–H groups in total. The molecule has 1 aromatic carbocycles. The summed E-state index contributed by atoms with van der Waals surface area (Å²) in [6, 6.07) is 9.32. The third-order valence-electron chi connectivity index (χ3n) is 4.78. The van der Waals surface area contributed by atoms with E-state index in [4.69, 9.17) is 0 Å². The van der Waals surface area contributed by atoms with E-state index in [0.717, 1.165) is 6.54 Å². The predicted octanol–water partition coefficient (Wildman–Crippen LogP) is 3.85. The molecule has 2 aromatic rings. The van der Waals surface area contributed by atoms with Gasteiger partial charge in [0.1, 0.15) is 0 Å². The van der Waals surface area contributed by atoms with Gasteiger partial charge in [0.15, 0.2) is 0 Å². The Kier molecular flexibility index (Phi) is 3.14. The topological polar surface area (TPSA) is 17.0 Å². The van der Waals surface area contributed by atoms with E-state index in [9.17, 15) is 0 Å². The van der Waals surface area contributed by atoms with Crippen molar-refractivity contribution >= 4 is 10.9 Å². The van der Waals surface area contributed by atoms with Crippen molar-refractivity contribution < 1.29 is 0 Å². The van der Waals surface area contributed by atoms with Crippen LogP contribution in [0.15, 0.2) is 30.5 Å². The molecule has 1 saturated carbocycles. The van der Waals surface area contributed by atoms with E-state index in [-0.39, 0.29) is 0 Å². The highest BCUT2D eigenvalue weighted by atomic mass is 15.0. The summed E-state index contributed by atoms with van der Waals surface area (Å²) in [6.07, 6.45) is 6.29. The fourth-order valence-electron chi connectivity index (χ4n) is 3.50. The van der Waals surface area contributed by atoms with Gasteiger partial charge in [-0.05, 0) is 29.9 Å². The summed E-state index contributed by atoms with van der Waals surface area (Å²) in [4.78, 5) is 0. The van der Waals surface area contributed by atoms with Crippen molar-refractivity contribution in [2.45, 2.75) is 45.7 Å². The Labute approximate surface area is 115 Å². The Morgan fingerprint density at radius 2 is 2.11 bits per heavy atom. The Hall–Kier alpha value is -1.28. The van der Waals surface area contributed by atoms with Crippen molar-refractivity contribution in [1.29, 1.82) is 0 Å². The molecule has 2 nitrogen and oxygen atoms in total. The molecule has 1 aliphatic carbocycles. The van der Waals surface area contributed by atoms with Crippen molar-refractivity contribution in [3.63, 3.8) is 0 Å². The van der Waals surface area contributed by atoms with Crippen LogP contribution >= 0.6 is 0 Å². The van der Waals surface area contributed by atoms with E-state index in [1.165, 1.54) is 35.7 Å². The molecular formula is C17H24N2. The molecule has 0 amide bonds. The molecule has 0 bridgehead atoms. The van der Waals surface area contributed by atoms with E-state index < -0.39 is 0 Å². The largest absolute Gasteiger partial charge is 0.350 e. The van der Waals surface area contributed by atoms with Crippen molar-refractivity contribution in [3.05, 3.63) is 36.0 Å². The maximum Gasteiger partial charge on any atom is 0.0481 e. The van der Waals surface area contributed by atoms with Gasteiger partial charge in [0, 0.05) is 36.7 Å². The SMILES string of the molecule is Cn1cc(CNC2CCCC2(C)C)c2ccccc21. The lowest BCUT2D eigenvalue weighted by Crippen LogP contribution is -2.37. The lowest BCUT2D eigenvalue weighted by atomic mass is 9.87. The smallest absolute Gasteiger partial charge is 0.0481 e. The third-order valence-corrected chi connectivity index (χ3v) is 4.78. The monoisotopic (exact) mass is 256 g/mol. The molecule has 0 radical (unpaired) electrons. The number of nitrogens with zero attached hydrogens (tertiary/aromatic N) is 1. The predicted molar refractivity (Wildman–Crippen MR) is 81.2 cm³/mol. The van der Waals surface area contributed by atoms with Gasteiger partial charge in [-0.15, -0.1) is 0 Å². The number of nitrogens with one attached hydrogen (secondary N) is 1. The summed E-state index contributed by atoms with van der Waals surface area (Å²) in [5, 5.41) is 5.16. The first-order chi connectivity index (χ1) is 9.08. The summed E-state index contributed by atoms with van der Waals surface area (Å²) in [6.45, 7) is 5.76. The fourth-order valence-corrected chi connectivity index (χ4v) is 3.50. The molecule has 0 saturated heterocycles. The molecule has 19 heavy (non-hydrogen) atoms. The van der Waals surface area contributed by atoms with E-state index in [1.54, 1.807) is 0 Å². The molecule has 0 spiro atoms. The highest BCUT2D eigenvalue weighted by molar-refractivity contribution is 5.83. The molecule has 1 fully saturated rings. The molecule has 2 heteroatoms. The number of hydrogen-bond acceptors (Lipinski definition) is 1. The van der Waals surface area contributed by atoms with Crippen molar-refractivity contribution in [2.24, 2.45) is 12.5 Å². The second-order valence-corrected chi connectivity index (χ2v) is 6.60. The molecule has 102 valence electrons. The minimum atomic E-state index is 0.449. The maximum atomic E-state index is 3.78. The third kappa shape index (κ3) is 2.30. The van der Waals surface area contributed by atoms with Crippen molar-refractivity contribution in [3.8, 4) is 0 Å². The van der Waals surface area contributed by atoms with Gasteiger partial charge in [-0.3, -0.25) is 0 Å². The van der Waals surface area contributed by atoms with E-state index >= 15 is 0 Å². The average Bonchev–Trinajstić information content (AvgIpc) is 2.88. The molecule has 1 aromatic heterocycles. The Bertz CT molecular complexity index is 580. The average molecular weight is 256 g/mol. The number of aryl methyl sites for hydroxylation is 1. The Morgan fingerprint density at radius 1 is 1.32 bits per heavy atom. The first kappa shape index (κ1) is 12.7. The first-order valence-electron chi connectivity index (χ1n) is 7.34. The second-order valence-electron chi connectivity index (χ2n) is 6.60. The zero-order valence-electron chi connectivity index (χ0n) is 12.2. The lowest BCUT2D eigenvalue weighted by Gasteiger charge is -2.27. The van der Waals surface area contributed by atoms with E-state index in [2.05, 4.69) is 61.2 Å². The van der Waals surface area contributed by atoms with Crippen LogP contribution in [-0.2, 0) is 13.6 Å². The number of aromatic nitrogens is 1. The fraction of sp³-hybridized carbons (Fsp3) is 0.529. The zero-order chi connectivity index (χ0) is 13.5. The normalized spacial score (nSPS) is 22.2. The van der Waals surface area contributed by atoms with Gasteiger partial charge in [0.2, 0.25) is 0 Å². The first-order valence-corrected chi connectivity index (χ1v) is 7.34. The van der Waals surface area contributed by atoms with Gasteiger partial charge in [-0.1, -0.05) is 38.5 Å². The van der Waals surface area contributed by atoms with Gasteiger partial charge in [0.05, 0.1) is 0 Å². The van der Waals surface area contributed by atoms with Crippen LogP contribution in [0.25, 0.3) is 10.9 Å². The summed E-state index contributed by atoms with van der Waals surface area (Å²) >= 11 is 0. The quantitative estimate of drug-likeness (QED) is 0.882. The van der Waals surface area contributed by atoms with Crippen LogP contribution < -0.4 is 5.32 Å². The maximum absolute atomic E-state index is 3.78. The molecule has 1 aliphatic rings. The van der Waals surface area contributed by atoms with E-state index in [1.807, 2.05) is 0 Å². The summed E-state index contributed by atoms with van der Waals surface area (Å²) in [5.74, 6) is 0. The van der Waals surface area contributed by atoms with Crippen LogP contribution in [0.1, 0.15) is 38.7 Å². The van der Waals surface area contributed by atoms with Gasteiger partial charge >= 0.3 is 0 Å². The van der Waals surface area contributed by atoms with Gasteiger partial charge < -0.3 is 9.88 Å². The molecule has 1 heterocycles. The van der Waals surface area contributed by atoms with Gasteiger partial charge in [0.25, 0.3) is 0 Å². The highest BCUT2D eigenvalue weighted by Crippen LogP contribution is 2.37.